The molecule has 1 amide bonds. The molecule has 1 aromatic rings. The maximum absolute atomic E-state index is 13.4. The Balaban J connectivity index is 1.46. The highest BCUT2D eigenvalue weighted by molar-refractivity contribution is 5.99. The summed E-state index contributed by atoms with van der Waals surface area (Å²) in [6.07, 6.45) is 6.31. The van der Waals surface area contributed by atoms with Gasteiger partial charge < -0.3 is 14.8 Å². The van der Waals surface area contributed by atoms with E-state index >= 15 is 0 Å². The largest absolute Gasteiger partial charge is 0.488 e. The molecule has 1 N–H and O–H groups in total. The molecule has 128 valence electrons. The van der Waals surface area contributed by atoms with Crippen LogP contribution in [0, 0.1) is 11.2 Å². The van der Waals surface area contributed by atoms with Crippen molar-refractivity contribution in [2.75, 3.05) is 13.2 Å². The number of rotatable bonds is 4. The van der Waals surface area contributed by atoms with Gasteiger partial charge in [0.05, 0.1) is 11.7 Å². The Bertz CT molecular complexity index is 696. The Morgan fingerprint density at radius 2 is 2.29 bits per heavy atom. The summed E-state index contributed by atoms with van der Waals surface area (Å²) in [7, 11) is 0. The number of carbonyl (C=O) groups excluding carboxylic acids is 1. The van der Waals surface area contributed by atoms with E-state index in [-0.39, 0.29) is 35.9 Å². The second-order valence-electron chi connectivity index (χ2n) is 6.93. The minimum Gasteiger partial charge on any atom is -0.488 e. The monoisotopic (exact) mass is 331 g/mol. The van der Waals surface area contributed by atoms with E-state index < -0.39 is 0 Å². The fourth-order valence-electron chi connectivity index (χ4n) is 4.17. The van der Waals surface area contributed by atoms with E-state index in [1.807, 2.05) is 6.92 Å². The molecular weight excluding hydrogens is 309 g/mol. The van der Waals surface area contributed by atoms with Gasteiger partial charge in [-0.25, -0.2) is 4.39 Å². The topological polar surface area (TPSA) is 47.6 Å². The van der Waals surface area contributed by atoms with Crippen LogP contribution in [0.4, 0.5) is 4.39 Å². The van der Waals surface area contributed by atoms with E-state index in [1.54, 1.807) is 12.1 Å². The lowest BCUT2D eigenvalue weighted by Gasteiger charge is -2.61. The summed E-state index contributed by atoms with van der Waals surface area (Å²) >= 11 is 0. The lowest BCUT2D eigenvalue weighted by molar-refractivity contribution is -0.175. The van der Waals surface area contributed by atoms with Gasteiger partial charge in [-0.1, -0.05) is 6.42 Å². The maximum atomic E-state index is 13.4. The second-order valence-corrected chi connectivity index (χ2v) is 6.93. The average molecular weight is 331 g/mol. The molecule has 1 spiro atoms. The van der Waals surface area contributed by atoms with E-state index in [0.29, 0.717) is 23.5 Å². The molecule has 2 aliphatic carbocycles. The predicted molar refractivity (Wildman–Crippen MR) is 88.1 cm³/mol. The van der Waals surface area contributed by atoms with Crippen LogP contribution in [0.5, 0.6) is 5.75 Å². The molecule has 0 radical (unpaired) electrons. The Labute approximate surface area is 141 Å². The molecule has 2 saturated carbocycles. The van der Waals surface area contributed by atoms with Crippen LogP contribution >= 0.6 is 0 Å². The number of hydrogen-bond donors (Lipinski definition) is 1. The summed E-state index contributed by atoms with van der Waals surface area (Å²) in [4.78, 5) is 12.6. The molecule has 2 fully saturated rings. The molecule has 4 rings (SSSR count). The summed E-state index contributed by atoms with van der Waals surface area (Å²) < 4.78 is 24.8. The SMILES string of the molecule is CCO[C@@H]1C[C@@H](NC(=O)C2=Cc3cc(F)ccc3OC2)C12CCC2. The molecule has 0 saturated heterocycles. The fraction of sp³-hybridized carbons (Fsp3) is 0.526. The molecule has 1 aromatic carbocycles. The van der Waals surface area contributed by atoms with Crippen LogP contribution in [0.15, 0.2) is 23.8 Å². The summed E-state index contributed by atoms with van der Waals surface area (Å²) in [6.45, 7) is 2.95. The van der Waals surface area contributed by atoms with Crippen molar-refractivity contribution in [1.29, 1.82) is 0 Å². The molecule has 4 nitrogen and oxygen atoms in total. The molecule has 1 heterocycles. The fourth-order valence-corrected chi connectivity index (χ4v) is 4.17. The summed E-state index contributed by atoms with van der Waals surface area (Å²) in [5.74, 6) is 0.168. The van der Waals surface area contributed by atoms with Gasteiger partial charge in [0.2, 0.25) is 0 Å². The number of amides is 1. The van der Waals surface area contributed by atoms with Crippen LogP contribution in [0.2, 0.25) is 0 Å². The van der Waals surface area contributed by atoms with Crippen LogP contribution < -0.4 is 10.1 Å². The number of hydrogen-bond acceptors (Lipinski definition) is 3. The predicted octanol–water partition coefficient (Wildman–Crippen LogP) is 3.07. The van der Waals surface area contributed by atoms with Crippen molar-refractivity contribution < 1.29 is 18.7 Å². The van der Waals surface area contributed by atoms with Crippen LogP contribution in [0.1, 0.15) is 38.2 Å². The molecule has 3 aliphatic rings. The number of nitrogens with one attached hydrogen (secondary N) is 1. The maximum Gasteiger partial charge on any atom is 0.250 e. The standard InChI is InChI=1S/C19H22FNO3/c1-2-23-17-10-16(19(17)6-3-7-19)21-18(22)13-8-12-9-14(20)4-5-15(12)24-11-13/h4-5,8-9,16-17H,2-3,6-7,10-11H2,1H3,(H,21,22)/t16-,17-/m1/s1. The summed E-state index contributed by atoms with van der Waals surface area (Å²) in [6, 6.07) is 4.52. The third-order valence-electron chi connectivity index (χ3n) is 5.72. The molecule has 2 atom stereocenters. The molecule has 5 heteroatoms. The number of fused-ring (bicyclic) bond motifs is 1. The smallest absolute Gasteiger partial charge is 0.250 e. The Morgan fingerprint density at radius 1 is 1.46 bits per heavy atom. The third-order valence-corrected chi connectivity index (χ3v) is 5.72. The Hall–Kier alpha value is -1.88. The normalized spacial score (nSPS) is 26.5. The van der Waals surface area contributed by atoms with Crippen molar-refractivity contribution in [3.63, 3.8) is 0 Å². The zero-order valence-electron chi connectivity index (χ0n) is 13.8. The molecule has 0 unspecified atom stereocenters. The average Bonchev–Trinajstić information content (AvgIpc) is 2.51. The first-order valence-electron chi connectivity index (χ1n) is 8.68. The van der Waals surface area contributed by atoms with E-state index in [0.717, 1.165) is 19.3 Å². The van der Waals surface area contributed by atoms with Crippen molar-refractivity contribution >= 4 is 12.0 Å². The number of benzene rings is 1. The van der Waals surface area contributed by atoms with E-state index in [1.165, 1.54) is 18.6 Å². The van der Waals surface area contributed by atoms with Crippen molar-refractivity contribution in [3.05, 3.63) is 35.2 Å². The zero-order valence-corrected chi connectivity index (χ0v) is 13.8. The molecular formula is C19H22FNO3. The Morgan fingerprint density at radius 3 is 3.00 bits per heavy atom. The first-order chi connectivity index (χ1) is 11.6. The highest BCUT2D eigenvalue weighted by atomic mass is 19.1. The lowest BCUT2D eigenvalue weighted by Crippen LogP contribution is -2.67. The van der Waals surface area contributed by atoms with Crippen molar-refractivity contribution in [3.8, 4) is 5.75 Å². The molecule has 0 bridgehead atoms. The van der Waals surface area contributed by atoms with Gasteiger partial charge in [0.1, 0.15) is 18.2 Å². The number of carbonyl (C=O) groups is 1. The van der Waals surface area contributed by atoms with Crippen LogP contribution in [0.3, 0.4) is 0 Å². The highest BCUT2D eigenvalue weighted by Crippen LogP contribution is 2.57. The lowest BCUT2D eigenvalue weighted by atomic mass is 9.51. The van der Waals surface area contributed by atoms with Crippen LogP contribution in [-0.2, 0) is 9.53 Å². The highest BCUT2D eigenvalue weighted by Gasteiger charge is 2.59. The van der Waals surface area contributed by atoms with Gasteiger partial charge in [0.25, 0.3) is 5.91 Å². The summed E-state index contributed by atoms with van der Waals surface area (Å²) in [5, 5.41) is 3.15. The zero-order chi connectivity index (χ0) is 16.7. The second kappa shape index (κ2) is 5.88. The van der Waals surface area contributed by atoms with Gasteiger partial charge in [-0.15, -0.1) is 0 Å². The molecule has 24 heavy (non-hydrogen) atoms. The van der Waals surface area contributed by atoms with Gasteiger partial charge in [-0.3, -0.25) is 4.79 Å². The van der Waals surface area contributed by atoms with Gasteiger partial charge in [-0.2, -0.15) is 0 Å². The van der Waals surface area contributed by atoms with Gasteiger partial charge in [0.15, 0.2) is 0 Å². The van der Waals surface area contributed by atoms with E-state index in [4.69, 9.17) is 9.47 Å². The molecule has 0 aromatic heterocycles. The Kier molecular flexibility index (Phi) is 3.83. The van der Waals surface area contributed by atoms with E-state index in [9.17, 15) is 9.18 Å². The first kappa shape index (κ1) is 15.6. The quantitative estimate of drug-likeness (QED) is 0.922. The third kappa shape index (κ3) is 2.42. The molecule has 1 aliphatic heterocycles. The minimum atomic E-state index is -0.331. The number of halogens is 1. The van der Waals surface area contributed by atoms with Crippen molar-refractivity contribution in [2.45, 2.75) is 44.8 Å². The van der Waals surface area contributed by atoms with Crippen molar-refractivity contribution in [2.24, 2.45) is 5.41 Å². The minimum absolute atomic E-state index is 0.115. The number of ether oxygens (including phenoxy) is 2. The summed E-state index contributed by atoms with van der Waals surface area (Å²) in [5.41, 5.74) is 1.29. The van der Waals surface area contributed by atoms with Crippen LogP contribution in [-0.4, -0.2) is 31.3 Å². The van der Waals surface area contributed by atoms with E-state index in [2.05, 4.69) is 5.32 Å². The van der Waals surface area contributed by atoms with Gasteiger partial charge in [-0.05, 0) is 50.5 Å². The van der Waals surface area contributed by atoms with Crippen LogP contribution in [0.25, 0.3) is 6.08 Å². The van der Waals surface area contributed by atoms with Gasteiger partial charge >= 0.3 is 0 Å². The van der Waals surface area contributed by atoms with Gasteiger partial charge in [0, 0.05) is 23.6 Å². The van der Waals surface area contributed by atoms with Crippen molar-refractivity contribution in [1.82, 2.24) is 5.32 Å². The first-order valence-corrected chi connectivity index (χ1v) is 8.68.